The van der Waals surface area contributed by atoms with Crippen molar-refractivity contribution in [3.8, 4) is 0 Å². The number of hydrogen-bond donors (Lipinski definition) is 2. The van der Waals surface area contributed by atoms with Gasteiger partial charge >= 0.3 is 6.09 Å². The molecule has 0 aliphatic heterocycles. The third kappa shape index (κ3) is 6.74. The van der Waals surface area contributed by atoms with E-state index in [1.165, 1.54) is 0 Å². The average Bonchev–Trinajstić information content (AvgIpc) is 2.97. The number of carbonyl (C=O) groups excluding carboxylic acids is 1. The zero-order valence-electron chi connectivity index (χ0n) is 14.0. The lowest BCUT2D eigenvalue weighted by atomic mass is 10.2. The van der Waals surface area contributed by atoms with Crippen LogP contribution < -0.4 is 10.6 Å². The van der Waals surface area contributed by atoms with Gasteiger partial charge in [-0.3, -0.25) is 0 Å². The Hall–Kier alpha value is -1.19. The molecule has 0 atom stereocenters. The van der Waals surface area contributed by atoms with Crippen LogP contribution in [-0.2, 0) is 4.74 Å². The number of nitrogens with one attached hydrogen (secondary N) is 2. The molecule has 0 bridgehead atoms. The summed E-state index contributed by atoms with van der Waals surface area (Å²) in [6.07, 6.45) is 1.22. The van der Waals surface area contributed by atoms with Crippen molar-refractivity contribution in [3.05, 3.63) is 17.8 Å². The van der Waals surface area contributed by atoms with E-state index in [1.807, 2.05) is 32.2 Å². The molecule has 2 aromatic rings. The second kappa shape index (κ2) is 9.33. The van der Waals surface area contributed by atoms with Crippen molar-refractivity contribution in [1.82, 2.24) is 15.3 Å². The molecular weight excluding hydrogens is 364 g/mol. The van der Waals surface area contributed by atoms with Gasteiger partial charge in [0.05, 0.1) is 10.2 Å². The SMILES string of the molecule is CC(C)(C)OC(=O)NCCSSCCNc1ncnc2ccsc12. The van der Waals surface area contributed by atoms with Gasteiger partial charge in [-0.2, -0.15) is 0 Å². The van der Waals surface area contributed by atoms with E-state index in [2.05, 4.69) is 20.6 Å². The molecular formula is C15H22N4O2S3. The average molecular weight is 387 g/mol. The smallest absolute Gasteiger partial charge is 0.407 e. The quantitative estimate of drug-likeness (QED) is 0.524. The Morgan fingerprint density at radius 2 is 2.00 bits per heavy atom. The Balaban J connectivity index is 1.53. The van der Waals surface area contributed by atoms with Crippen LogP contribution in [0.2, 0.25) is 0 Å². The highest BCUT2D eigenvalue weighted by Crippen LogP contribution is 2.25. The summed E-state index contributed by atoms with van der Waals surface area (Å²) >= 11 is 1.64. The fourth-order valence-electron chi connectivity index (χ4n) is 1.75. The van der Waals surface area contributed by atoms with E-state index in [0.29, 0.717) is 6.54 Å². The molecule has 0 aliphatic carbocycles. The van der Waals surface area contributed by atoms with E-state index >= 15 is 0 Å². The minimum atomic E-state index is -0.452. The molecule has 2 aromatic heterocycles. The molecule has 9 heteroatoms. The number of thiophene rings is 1. The van der Waals surface area contributed by atoms with Gasteiger partial charge in [-0.1, -0.05) is 21.6 Å². The molecule has 132 valence electrons. The van der Waals surface area contributed by atoms with Gasteiger partial charge in [0.1, 0.15) is 17.7 Å². The third-order valence-corrected chi connectivity index (χ3v) is 5.98. The maximum atomic E-state index is 11.5. The maximum absolute atomic E-state index is 11.5. The van der Waals surface area contributed by atoms with Gasteiger partial charge in [-0.05, 0) is 32.2 Å². The van der Waals surface area contributed by atoms with Crippen LogP contribution in [-0.4, -0.2) is 46.3 Å². The third-order valence-electron chi connectivity index (χ3n) is 2.66. The van der Waals surface area contributed by atoms with Gasteiger partial charge in [0.25, 0.3) is 0 Å². The highest BCUT2D eigenvalue weighted by atomic mass is 33.1. The standard InChI is InChI=1S/C15H22N4O2S3/c1-15(2,3)21-14(20)17-6-9-24-23-8-5-16-13-12-11(4-7-22-12)18-10-19-13/h4,7,10H,5-6,8-9H2,1-3H3,(H,17,20)(H,16,18,19). The van der Waals surface area contributed by atoms with Crippen LogP contribution in [0.5, 0.6) is 0 Å². The van der Waals surface area contributed by atoms with Crippen molar-refractivity contribution >= 4 is 55.1 Å². The Labute approximate surface area is 153 Å². The lowest BCUT2D eigenvalue weighted by Gasteiger charge is -2.19. The van der Waals surface area contributed by atoms with Gasteiger partial charge < -0.3 is 15.4 Å². The summed E-state index contributed by atoms with van der Waals surface area (Å²) in [5.74, 6) is 2.69. The van der Waals surface area contributed by atoms with E-state index in [9.17, 15) is 4.79 Å². The first kappa shape index (κ1) is 19.1. The van der Waals surface area contributed by atoms with Crippen LogP contribution in [0.3, 0.4) is 0 Å². The maximum Gasteiger partial charge on any atom is 0.407 e. The van der Waals surface area contributed by atoms with Crippen LogP contribution in [0.1, 0.15) is 20.8 Å². The highest BCUT2D eigenvalue weighted by molar-refractivity contribution is 8.76. The molecule has 24 heavy (non-hydrogen) atoms. The molecule has 1 amide bonds. The summed E-state index contributed by atoms with van der Waals surface area (Å²) in [5, 5.41) is 8.11. The molecule has 0 saturated carbocycles. The molecule has 6 nitrogen and oxygen atoms in total. The number of aromatic nitrogens is 2. The van der Waals surface area contributed by atoms with Gasteiger partial charge in [0, 0.05) is 24.6 Å². The van der Waals surface area contributed by atoms with E-state index < -0.39 is 5.60 Å². The van der Waals surface area contributed by atoms with Crippen LogP contribution in [0.4, 0.5) is 10.6 Å². The lowest BCUT2D eigenvalue weighted by Crippen LogP contribution is -2.33. The van der Waals surface area contributed by atoms with Crippen LogP contribution in [0, 0.1) is 0 Å². The minimum Gasteiger partial charge on any atom is -0.444 e. The number of rotatable bonds is 8. The number of nitrogens with zero attached hydrogens (tertiary/aromatic N) is 2. The molecule has 0 unspecified atom stereocenters. The molecule has 0 radical (unpaired) electrons. The topological polar surface area (TPSA) is 76.1 Å². The molecule has 0 aromatic carbocycles. The fourth-order valence-corrected chi connectivity index (χ4v) is 4.38. The van der Waals surface area contributed by atoms with Crippen LogP contribution >= 0.6 is 32.9 Å². The van der Waals surface area contributed by atoms with Crippen molar-refractivity contribution in [2.24, 2.45) is 0 Å². The number of amides is 1. The normalized spacial score (nSPS) is 11.5. The first-order valence-corrected chi connectivity index (χ1v) is 11.0. The predicted molar refractivity (Wildman–Crippen MR) is 105 cm³/mol. The summed E-state index contributed by atoms with van der Waals surface area (Å²) < 4.78 is 6.27. The largest absolute Gasteiger partial charge is 0.444 e. The number of hydrogen-bond acceptors (Lipinski definition) is 8. The van der Waals surface area contributed by atoms with E-state index in [-0.39, 0.29) is 6.09 Å². The Bertz CT molecular complexity index is 657. The fraction of sp³-hybridized carbons (Fsp3) is 0.533. The number of ether oxygens (including phenoxy) is 1. The predicted octanol–water partition coefficient (Wildman–Crippen LogP) is 4.01. The summed E-state index contributed by atoms with van der Waals surface area (Å²) in [5.41, 5.74) is 0.528. The van der Waals surface area contributed by atoms with Crippen LogP contribution in [0.25, 0.3) is 10.2 Å². The number of alkyl carbamates (subject to hydrolysis) is 1. The van der Waals surface area contributed by atoms with Gasteiger partial charge in [-0.15, -0.1) is 11.3 Å². The molecule has 0 spiro atoms. The lowest BCUT2D eigenvalue weighted by molar-refractivity contribution is 0.0531. The van der Waals surface area contributed by atoms with Crippen molar-refractivity contribution in [2.45, 2.75) is 26.4 Å². The zero-order valence-corrected chi connectivity index (χ0v) is 16.4. The second-order valence-electron chi connectivity index (χ2n) is 5.86. The highest BCUT2D eigenvalue weighted by Gasteiger charge is 2.15. The zero-order chi connectivity index (χ0) is 17.4. The second-order valence-corrected chi connectivity index (χ2v) is 9.47. The van der Waals surface area contributed by atoms with Crippen molar-refractivity contribution < 1.29 is 9.53 Å². The molecule has 0 fully saturated rings. The van der Waals surface area contributed by atoms with E-state index in [1.54, 1.807) is 39.3 Å². The van der Waals surface area contributed by atoms with Gasteiger partial charge in [-0.25, -0.2) is 14.8 Å². The summed E-state index contributed by atoms with van der Waals surface area (Å²) in [7, 11) is 3.50. The number of fused-ring (bicyclic) bond motifs is 1. The molecule has 2 heterocycles. The van der Waals surface area contributed by atoms with E-state index in [4.69, 9.17) is 4.74 Å². The number of carbonyl (C=O) groups is 1. The molecule has 2 rings (SSSR count). The van der Waals surface area contributed by atoms with Crippen molar-refractivity contribution in [2.75, 3.05) is 29.9 Å². The van der Waals surface area contributed by atoms with E-state index in [0.717, 1.165) is 34.1 Å². The van der Waals surface area contributed by atoms with Crippen LogP contribution in [0.15, 0.2) is 17.8 Å². The van der Waals surface area contributed by atoms with Crippen molar-refractivity contribution in [3.63, 3.8) is 0 Å². The summed E-state index contributed by atoms with van der Waals surface area (Å²) in [6.45, 7) is 6.99. The van der Waals surface area contributed by atoms with Crippen molar-refractivity contribution in [1.29, 1.82) is 0 Å². The van der Waals surface area contributed by atoms with Gasteiger partial charge in [0.2, 0.25) is 0 Å². The summed E-state index contributed by atoms with van der Waals surface area (Å²) in [6, 6.07) is 2.00. The number of anilines is 1. The summed E-state index contributed by atoms with van der Waals surface area (Å²) in [4.78, 5) is 20.0. The molecule has 0 saturated heterocycles. The Morgan fingerprint density at radius 1 is 1.25 bits per heavy atom. The monoisotopic (exact) mass is 386 g/mol. The molecule has 0 aliphatic rings. The Morgan fingerprint density at radius 3 is 2.75 bits per heavy atom. The molecule has 2 N–H and O–H groups in total. The minimum absolute atomic E-state index is 0.363. The first-order chi connectivity index (χ1) is 11.5. The van der Waals surface area contributed by atoms with Gasteiger partial charge in [0.15, 0.2) is 0 Å². The Kier molecular flexibility index (Phi) is 7.44. The first-order valence-electron chi connectivity index (χ1n) is 7.59.